The summed E-state index contributed by atoms with van der Waals surface area (Å²) in [5.41, 5.74) is 5.50. The van der Waals surface area contributed by atoms with Crippen LogP contribution in [0, 0.1) is 6.92 Å². The van der Waals surface area contributed by atoms with E-state index in [1.807, 2.05) is 0 Å². The number of benzene rings is 1. The van der Waals surface area contributed by atoms with E-state index in [4.69, 9.17) is 0 Å². The van der Waals surface area contributed by atoms with Crippen LogP contribution in [-0.4, -0.2) is 11.5 Å². The lowest BCUT2D eigenvalue weighted by Gasteiger charge is -2.12. The minimum atomic E-state index is 0.989. The zero-order valence-electron chi connectivity index (χ0n) is 8.35. The molecule has 2 heterocycles. The number of fused-ring (bicyclic) bond motifs is 3. The van der Waals surface area contributed by atoms with Crippen LogP contribution in [0.25, 0.3) is 10.9 Å². The number of nitrogens with one attached hydrogen (secondary N) is 2. The van der Waals surface area contributed by atoms with Gasteiger partial charge in [0.1, 0.15) is 0 Å². The van der Waals surface area contributed by atoms with Gasteiger partial charge in [0.2, 0.25) is 0 Å². The van der Waals surface area contributed by atoms with E-state index < -0.39 is 0 Å². The first-order chi connectivity index (χ1) is 6.84. The molecule has 1 aromatic heterocycles. The second-order valence-corrected chi connectivity index (χ2v) is 4.06. The maximum Gasteiger partial charge on any atom is 0.0461 e. The van der Waals surface area contributed by atoms with Gasteiger partial charge in [-0.15, -0.1) is 0 Å². The van der Waals surface area contributed by atoms with Crippen molar-refractivity contribution in [1.82, 2.24) is 10.3 Å². The molecule has 1 aromatic carbocycles. The van der Waals surface area contributed by atoms with Gasteiger partial charge in [-0.2, -0.15) is 0 Å². The third kappa shape index (κ3) is 1.07. The van der Waals surface area contributed by atoms with Crippen molar-refractivity contribution in [2.45, 2.75) is 19.9 Å². The molecule has 0 atom stereocenters. The number of rotatable bonds is 0. The molecule has 0 spiro atoms. The number of hydrogen-bond donors (Lipinski definition) is 2. The Morgan fingerprint density at radius 3 is 3.14 bits per heavy atom. The average molecular weight is 186 g/mol. The van der Waals surface area contributed by atoms with Crippen LogP contribution >= 0.6 is 0 Å². The van der Waals surface area contributed by atoms with Crippen LogP contribution in [0.2, 0.25) is 0 Å². The van der Waals surface area contributed by atoms with Crippen molar-refractivity contribution in [3.8, 4) is 0 Å². The number of H-pyrrole nitrogens is 1. The van der Waals surface area contributed by atoms with Gasteiger partial charge in [-0.3, -0.25) is 0 Å². The first-order valence-corrected chi connectivity index (χ1v) is 5.15. The molecule has 14 heavy (non-hydrogen) atoms. The maximum atomic E-state index is 3.49. The average Bonchev–Trinajstić information content (AvgIpc) is 2.54. The fourth-order valence-electron chi connectivity index (χ4n) is 2.29. The van der Waals surface area contributed by atoms with Crippen molar-refractivity contribution in [1.29, 1.82) is 0 Å². The molecule has 1 aliphatic heterocycles. The summed E-state index contributed by atoms with van der Waals surface area (Å²) in [5.74, 6) is 0. The summed E-state index contributed by atoms with van der Waals surface area (Å²) in [6.07, 6.45) is 1.15. The van der Waals surface area contributed by atoms with Crippen molar-refractivity contribution < 1.29 is 0 Å². The van der Waals surface area contributed by atoms with Gasteiger partial charge in [-0.25, -0.2) is 0 Å². The third-order valence-electron chi connectivity index (χ3n) is 3.00. The summed E-state index contributed by atoms with van der Waals surface area (Å²) in [6.45, 7) is 4.23. The van der Waals surface area contributed by atoms with E-state index in [2.05, 4.69) is 35.4 Å². The summed E-state index contributed by atoms with van der Waals surface area (Å²) >= 11 is 0. The van der Waals surface area contributed by atoms with Gasteiger partial charge in [0.15, 0.2) is 0 Å². The van der Waals surface area contributed by atoms with E-state index >= 15 is 0 Å². The summed E-state index contributed by atoms with van der Waals surface area (Å²) in [4.78, 5) is 3.49. The molecule has 0 aliphatic carbocycles. The Hall–Kier alpha value is -1.28. The molecule has 1 aliphatic rings. The zero-order chi connectivity index (χ0) is 9.54. The molecule has 3 rings (SSSR count). The Labute approximate surface area is 83.3 Å². The first kappa shape index (κ1) is 8.06. The predicted molar refractivity (Wildman–Crippen MR) is 58.4 cm³/mol. The second kappa shape index (κ2) is 2.85. The Balaban J connectivity index is 2.31. The van der Waals surface area contributed by atoms with Crippen LogP contribution in [0.15, 0.2) is 18.2 Å². The summed E-state index contributed by atoms with van der Waals surface area (Å²) < 4.78 is 0. The summed E-state index contributed by atoms with van der Waals surface area (Å²) in [5, 5.41) is 4.79. The van der Waals surface area contributed by atoms with Crippen LogP contribution < -0.4 is 5.32 Å². The Morgan fingerprint density at radius 2 is 2.21 bits per heavy atom. The molecule has 2 heteroatoms. The van der Waals surface area contributed by atoms with Gasteiger partial charge in [0.25, 0.3) is 0 Å². The van der Waals surface area contributed by atoms with Gasteiger partial charge >= 0.3 is 0 Å². The zero-order valence-corrected chi connectivity index (χ0v) is 8.35. The molecule has 0 fully saturated rings. The molecule has 0 amide bonds. The molecule has 2 nitrogen and oxygen atoms in total. The van der Waals surface area contributed by atoms with Crippen LogP contribution in [0.1, 0.15) is 16.8 Å². The maximum absolute atomic E-state index is 3.49. The number of aromatic amines is 1. The Morgan fingerprint density at radius 1 is 1.29 bits per heavy atom. The SMILES string of the molecule is Cc1ccc2c3c([nH]c2c1)CNCC3. The molecule has 72 valence electrons. The lowest BCUT2D eigenvalue weighted by Crippen LogP contribution is -2.22. The normalized spacial score (nSPS) is 15.8. The van der Waals surface area contributed by atoms with Crippen LogP contribution in [0.5, 0.6) is 0 Å². The second-order valence-electron chi connectivity index (χ2n) is 4.06. The molecule has 2 aromatic rings. The van der Waals surface area contributed by atoms with Crippen molar-refractivity contribution in [2.75, 3.05) is 6.54 Å². The Bertz CT molecular complexity index is 482. The number of aryl methyl sites for hydroxylation is 1. The van der Waals surface area contributed by atoms with Crippen LogP contribution in [0.4, 0.5) is 0 Å². The van der Waals surface area contributed by atoms with Gasteiger partial charge < -0.3 is 10.3 Å². The van der Waals surface area contributed by atoms with Crippen molar-refractivity contribution in [3.05, 3.63) is 35.0 Å². The summed E-state index contributed by atoms with van der Waals surface area (Å²) in [7, 11) is 0. The van der Waals surface area contributed by atoms with Gasteiger partial charge in [0, 0.05) is 23.1 Å². The molecular weight excluding hydrogens is 172 g/mol. The third-order valence-corrected chi connectivity index (χ3v) is 3.00. The first-order valence-electron chi connectivity index (χ1n) is 5.15. The topological polar surface area (TPSA) is 27.8 Å². The minimum Gasteiger partial charge on any atom is -0.357 e. The fraction of sp³-hybridized carbons (Fsp3) is 0.333. The van der Waals surface area contributed by atoms with E-state index in [9.17, 15) is 0 Å². The van der Waals surface area contributed by atoms with Crippen molar-refractivity contribution in [3.63, 3.8) is 0 Å². The monoisotopic (exact) mass is 186 g/mol. The standard InChI is InChI=1S/C12H14N2/c1-8-2-3-9-10-4-5-13-7-12(10)14-11(9)6-8/h2-3,6,13-14H,4-5,7H2,1H3. The van der Waals surface area contributed by atoms with Gasteiger partial charge in [-0.05, 0) is 37.1 Å². The van der Waals surface area contributed by atoms with Gasteiger partial charge in [-0.1, -0.05) is 12.1 Å². The minimum absolute atomic E-state index is 0.989. The highest BCUT2D eigenvalue weighted by molar-refractivity contribution is 5.85. The van der Waals surface area contributed by atoms with E-state index in [0.717, 1.165) is 19.5 Å². The van der Waals surface area contributed by atoms with Gasteiger partial charge in [0.05, 0.1) is 0 Å². The molecule has 0 saturated carbocycles. The van der Waals surface area contributed by atoms with Crippen molar-refractivity contribution >= 4 is 10.9 Å². The quantitative estimate of drug-likeness (QED) is 0.648. The molecule has 0 saturated heterocycles. The van der Waals surface area contributed by atoms with Crippen LogP contribution in [-0.2, 0) is 13.0 Å². The highest BCUT2D eigenvalue weighted by Crippen LogP contribution is 2.25. The smallest absolute Gasteiger partial charge is 0.0461 e. The largest absolute Gasteiger partial charge is 0.357 e. The van der Waals surface area contributed by atoms with Crippen molar-refractivity contribution in [2.24, 2.45) is 0 Å². The lowest BCUT2D eigenvalue weighted by atomic mass is 10.0. The fourth-order valence-corrected chi connectivity index (χ4v) is 2.29. The van der Waals surface area contributed by atoms with E-state index in [-0.39, 0.29) is 0 Å². The lowest BCUT2D eigenvalue weighted by molar-refractivity contribution is 0.637. The number of hydrogen-bond acceptors (Lipinski definition) is 1. The number of aromatic nitrogens is 1. The summed E-state index contributed by atoms with van der Waals surface area (Å²) in [6, 6.07) is 6.66. The molecule has 0 bridgehead atoms. The van der Waals surface area contributed by atoms with E-state index in [1.54, 1.807) is 0 Å². The Kier molecular flexibility index (Phi) is 1.64. The molecule has 0 radical (unpaired) electrons. The molecule has 0 unspecified atom stereocenters. The van der Waals surface area contributed by atoms with E-state index in [0.29, 0.717) is 0 Å². The van der Waals surface area contributed by atoms with Crippen LogP contribution in [0.3, 0.4) is 0 Å². The predicted octanol–water partition coefficient (Wildman–Crippen LogP) is 2.12. The van der Waals surface area contributed by atoms with E-state index in [1.165, 1.54) is 27.7 Å². The molecular formula is C12H14N2. The molecule has 2 N–H and O–H groups in total. The highest BCUT2D eigenvalue weighted by Gasteiger charge is 2.14. The highest BCUT2D eigenvalue weighted by atomic mass is 14.9.